The first kappa shape index (κ1) is 25.0. The number of pyridine rings is 1. The van der Waals surface area contributed by atoms with Crippen LogP contribution in [0.4, 0.5) is 0 Å². The Morgan fingerprint density at radius 1 is 1.08 bits per heavy atom. The van der Waals surface area contributed by atoms with Gasteiger partial charge in [-0.25, -0.2) is 13.4 Å². The molecule has 1 aliphatic heterocycles. The number of methoxy groups -OCH3 is 2. The van der Waals surface area contributed by atoms with Crippen molar-refractivity contribution in [3.63, 3.8) is 0 Å². The molecule has 0 bridgehead atoms. The summed E-state index contributed by atoms with van der Waals surface area (Å²) in [5, 5.41) is -0.235. The molecule has 3 aromatic heterocycles. The van der Waals surface area contributed by atoms with E-state index in [9.17, 15) is 18.0 Å². The highest BCUT2D eigenvalue weighted by Crippen LogP contribution is 2.27. The summed E-state index contributed by atoms with van der Waals surface area (Å²) in [4.78, 5) is 33.3. The number of hydrogen-bond acceptors (Lipinski definition) is 7. The monoisotopic (exact) mass is 524 g/mol. The molecule has 0 aliphatic carbocycles. The minimum atomic E-state index is -3.54. The van der Waals surface area contributed by atoms with Crippen LogP contribution in [0, 0.1) is 0 Å². The Morgan fingerprint density at radius 3 is 2.49 bits per heavy atom. The summed E-state index contributed by atoms with van der Waals surface area (Å²) in [6.45, 7) is 1.26. The first-order chi connectivity index (χ1) is 17.8. The Balaban J connectivity index is 1.42. The van der Waals surface area contributed by atoms with Gasteiger partial charge < -0.3 is 18.9 Å². The number of amides is 1. The van der Waals surface area contributed by atoms with E-state index in [1.807, 2.05) is 0 Å². The van der Waals surface area contributed by atoms with Crippen molar-refractivity contribution in [2.24, 2.45) is 0 Å². The maximum Gasteiger partial charge on any atom is 0.270 e. The molecule has 1 amide bonds. The second-order valence-electron chi connectivity index (χ2n) is 8.97. The van der Waals surface area contributed by atoms with Gasteiger partial charge in [-0.05, 0) is 55.3 Å². The molecule has 194 valence electrons. The van der Waals surface area contributed by atoms with Crippen molar-refractivity contribution >= 4 is 32.4 Å². The molecular weight excluding hydrogens is 496 g/mol. The van der Waals surface area contributed by atoms with E-state index >= 15 is 0 Å². The van der Waals surface area contributed by atoms with Crippen molar-refractivity contribution in [3.8, 4) is 5.75 Å². The van der Waals surface area contributed by atoms with E-state index in [1.54, 1.807) is 71.3 Å². The quantitative estimate of drug-likeness (QED) is 0.365. The summed E-state index contributed by atoms with van der Waals surface area (Å²) < 4.78 is 39.9. The predicted molar refractivity (Wildman–Crippen MR) is 138 cm³/mol. The number of rotatable bonds is 7. The van der Waals surface area contributed by atoms with Crippen molar-refractivity contribution in [3.05, 3.63) is 70.8 Å². The Kier molecular flexibility index (Phi) is 6.74. The summed E-state index contributed by atoms with van der Waals surface area (Å²) >= 11 is 0. The van der Waals surface area contributed by atoms with E-state index < -0.39 is 15.1 Å². The molecule has 4 heterocycles. The molecule has 0 N–H and O–H groups in total. The molecule has 10 nitrogen and oxygen atoms in total. The maximum absolute atomic E-state index is 13.6. The number of likely N-dealkylation sites (tertiary alicyclic amines) is 1. The number of sulfone groups is 1. The largest absolute Gasteiger partial charge is 0.497 e. The van der Waals surface area contributed by atoms with Crippen LogP contribution in [0.5, 0.6) is 5.75 Å². The summed E-state index contributed by atoms with van der Waals surface area (Å²) in [6, 6.07) is 13.2. The number of piperidine rings is 1. The number of carbonyl (C=O) groups is 1. The zero-order valence-electron chi connectivity index (χ0n) is 20.7. The predicted octanol–water partition coefficient (Wildman–Crippen LogP) is 2.38. The highest BCUT2D eigenvalue weighted by Gasteiger charge is 2.34. The Hall–Kier alpha value is -3.70. The lowest BCUT2D eigenvalue weighted by Gasteiger charge is -2.32. The number of fused-ring (bicyclic) bond motifs is 2. The number of benzene rings is 1. The van der Waals surface area contributed by atoms with E-state index in [-0.39, 0.29) is 16.4 Å². The molecule has 0 atom stereocenters. The smallest absolute Gasteiger partial charge is 0.270 e. The third-order valence-electron chi connectivity index (χ3n) is 6.87. The van der Waals surface area contributed by atoms with E-state index in [0.29, 0.717) is 67.2 Å². The lowest BCUT2D eigenvalue weighted by molar-refractivity contribution is 0.0713. The molecule has 11 heteroatoms. The van der Waals surface area contributed by atoms with Gasteiger partial charge in [0, 0.05) is 32.9 Å². The summed E-state index contributed by atoms with van der Waals surface area (Å²) in [5.74, 6) is 0.327. The van der Waals surface area contributed by atoms with Gasteiger partial charge in [-0.1, -0.05) is 6.07 Å². The summed E-state index contributed by atoms with van der Waals surface area (Å²) in [5.41, 5.74) is 0.994. The van der Waals surface area contributed by atoms with E-state index in [0.717, 1.165) is 0 Å². The second kappa shape index (κ2) is 9.98. The molecule has 1 saturated heterocycles. The highest BCUT2D eigenvalue weighted by molar-refractivity contribution is 7.92. The van der Waals surface area contributed by atoms with Gasteiger partial charge in [-0.3, -0.25) is 14.0 Å². The van der Waals surface area contributed by atoms with Crippen LogP contribution in [0.2, 0.25) is 0 Å². The maximum atomic E-state index is 13.6. The standard InChI is InChI=1S/C26H28N4O6S/c1-35-16-15-29-22(17-21-24(29)27-23-5-3-4-12-30(23)25(21)31)26(32)28-13-10-20(11-14-28)37(33,34)19-8-6-18(36-2)7-9-19/h3-9,12,17,20H,10-11,13-16H2,1-2H3. The van der Waals surface area contributed by atoms with Crippen molar-refractivity contribution in [2.75, 3.05) is 33.9 Å². The normalized spacial score (nSPS) is 14.9. The lowest BCUT2D eigenvalue weighted by Crippen LogP contribution is -2.43. The van der Waals surface area contributed by atoms with Gasteiger partial charge in [0.2, 0.25) is 0 Å². The van der Waals surface area contributed by atoms with Gasteiger partial charge >= 0.3 is 0 Å². The zero-order valence-corrected chi connectivity index (χ0v) is 21.5. The zero-order chi connectivity index (χ0) is 26.2. The van der Waals surface area contributed by atoms with Crippen LogP contribution in [0.1, 0.15) is 23.3 Å². The third-order valence-corrected chi connectivity index (χ3v) is 9.15. The average molecular weight is 525 g/mol. The first-order valence-electron chi connectivity index (χ1n) is 12.0. The molecule has 4 aromatic rings. The Labute approximate surface area is 214 Å². The van der Waals surface area contributed by atoms with Crippen molar-refractivity contribution < 1.29 is 22.7 Å². The van der Waals surface area contributed by atoms with Crippen molar-refractivity contribution in [1.29, 1.82) is 0 Å². The molecule has 37 heavy (non-hydrogen) atoms. The minimum absolute atomic E-state index is 0.247. The van der Waals surface area contributed by atoms with Crippen molar-refractivity contribution in [2.45, 2.75) is 29.5 Å². The molecule has 0 unspecified atom stereocenters. The number of ether oxygens (including phenoxy) is 2. The summed E-state index contributed by atoms with van der Waals surface area (Å²) in [7, 11) is -0.443. The fourth-order valence-electron chi connectivity index (χ4n) is 4.83. The molecular formula is C26H28N4O6S. The van der Waals surface area contributed by atoms with Gasteiger partial charge in [0.15, 0.2) is 9.84 Å². The lowest BCUT2D eigenvalue weighted by atomic mass is 10.1. The molecule has 0 spiro atoms. The number of carbonyl (C=O) groups excluding carboxylic acids is 1. The van der Waals surface area contributed by atoms with Crippen LogP contribution in [-0.2, 0) is 21.1 Å². The van der Waals surface area contributed by atoms with Crippen LogP contribution >= 0.6 is 0 Å². The number of aromatic nitrogens is 3. The molecule has 1 fully saturated rings. The highest BCUT2D eigenvalue weighted by atomic mass is 32.2. The molecule has 0 radical (unpaired) electrons. The fraction of sp³-hybridized carbons (Fsp3) is 0.346. The van der Waals surface area contributed by atoms with Crippen LogP contribution in [0.3, 0.4) is 0 Å². The first-order valence-corrected chi connectivity index (χ1v) is 13.6. The topological polar surface area (TPSA) is 112 Å². The van der Waals surface area contributed by atoms with Gasteiger partial charge in [0.25, 0.3) is 11.5 Å². The Bertz CT molecular complexity index is 1620. The van der Waals surface area contributed by atoms with Gasteiger partial charge in [-0.2, -0.15) is 0 Å². The van der Waals surface area contributed by atoms with Crippen LogP contribution in [-0.4, -0.2) is 72.3 Å². The van der Waals surface area contributed by atoms with E-state index in [1.165, 1.54) is 11.5 Å². The fourth-order valence-corrected chi connectivity index (χ4v) is 6.56. The Morgan fingerprint density at radius 2 is 1.81 bits per heavy atom. The minimum Gasteiger partial charge on any atom is -0.497 e. The molecule has 1 aliphatic rings. The van der Waals surface area contributed by atoms with Gasteiger partial charge in [0.05, 0.1) is 29.2 Å². The molecule has 0 saturated carbocycles. The summed E-state index contributed by atoms with van der Waals surface area (Å²) in [6.07, 6.45) is 2.29. The average Bonchev–Trinajstić information content (AvgIpc) is 3.30. The SMILES string of the molecule is COCCn1c(C(=O)N2CCC(S(=O)(=O)c3ccc(OC)cc3)CC2)cc2c(=O)n3ccccc3nc21. The second-order valence-corrected chi connectivity index (χ2v) is 11.2. The van der Waals surface area contributed by atoms with Gasteiger partial charge in [0.1, 0.15) is 22.7 Å². The van der Waals surface area contributed by atoms with E-state index in [4.69, 9.17) is 9.47 Å². The molecule has 5 rings (SSSR count). The van der Waals surface area contributed by atoms with Crippen LogP contribution in [0.15, 0.2) is 64.4 Å². The number of hydrogen-bond donors (Lipinski definition) is 0. The number of nitrogens with zero attached hydrogens (tertiary/aromatic N) is 4. The van der Waals surface area contributed by atoms with E-state index in [2.05, 4.69) is 4.98 Å². The third kappa shape index (κ3) is 4.49. The van der Waals surface area contributed by atoms with Crippen LogP contribution < -0.4 is 10.3 Å². The molecule has 1 aromatic carbocycles. The van der Waals surface area contributed by atoms with Gasteiger partial charge in [-0.15, -0.1) is 0 Å². The van der Waals surface area contributed by atoms with Crippen molar-refractivity contribution in [1.82, 2.24) is 18.9 Å². The van der Waals surface area contributed by atoms with Crippen LogP contribution in [0.25, 0.3) is 16.7 Å².